The van der Waals surface area contributed by atoms with Gasteiger partial charge in [-0.3, -0.25) is 4.98 Å². The Morgan fingerprint density at radius 1 is 1.12 bits per heavy atom. The largest absolute Gasteiger partial charge is 0.394 e. The van der Waals surface area contributed by atoms with Crippen LogP contribution in [-0.2, 0) is 0 Å². The summed E-state index contributed by atoms with van der Waals surface area (Å²) in [6, 6.07) is 13.0. The van der Waals surface area contributed by atoms with Crippen molar-refractivity contribution >= 4 is 17.4 Å². The molecule has 0 saturated carbocycles. The van der Waals surface area contributed by atoms with Gasteiger partial charge in [0.25, 0.3) is 0 Å². The molecule has 0 radical (unpaired) electrons. The van der Waals surface area contributed by atoms with Crippen LogP contribution < -0.4 is 5.32 Å². The van der Waals surface area contributed by atoms with E-state index < -0.39 is 0 Å². The summed E-state index contributed by atoms with van der Waals surface area (Å²) in [6.45, 7) is 1.90. The summed E-state index contributed by atoms with van der Waals surface area (Å²) in [6.07, 6.45) is 3.43. The lowest BCUT2D eigenvalue weighted by Crippen LogP contribution is -2.20. The van der Waals surface area contributed by atoms with Gasteiger partial charge in [-0.05, 0) is 31.2 Å². The first-order chi connectivity index (χ1) is 11.7. The Bertz CT molecular complexity index is 809. The van der Waals surface area contributed by atoms with Gasteiger partial charge in [-0.25, -0.2) is 9.97 Å². The Morgan fingerprint density at radius 3 is 2.58 bits per heavy atom. The van der Waals surface area contributed by atoms with Crippen molar-refractivity contribution in [2.24, 2.45) is 0 Å². The smallest absolute Gasteiger partial charge is 0.163 e. The maximum absolute atomic E-state index is 9.27. The number of pyridine rings is 1. The highest BCUT2D eigenvalue weighted by molar-refractivity contribution is 6.30. The molecule has 2 N–H and O–H groups in total. The van der Waals surface area contributed by atoms with Crippen LogP contribution in [0.25, 0.3) is 22.6 Å². The number of rotatable bonds is 5. The summed E-state index contributed by atoms with van der Waals surface area (Å²) < 4.78 is 0. The predicted molar refractivity (Wildman–Crippen MR) is 95.9 cm³/mol. The lowest BCUT2D eigenvalue weighted by molar-refractivity contribution is 0.281. The number of aromatic nitrogens is 3. The molecule has 0 aliphatic heterocycles. The zero-order valence-corrected chi connectivity index (χ0v) is 13.9. The van der Waals surface area contributed by atoms with E-state index in [1.807, 2.05) is 49.4 Å². The number of aliphatic hydroxyl groups is 1. The molecule has 2 heterocycles. The van der Waals surface area contributed by atoms with Crippen molar-refractivity contribution < 1.29 is 5.11 Å². The third-order valence-corrected chi connectivity index (χ3v) is 3.71. The zero-order chi connectivity index (χ0) is 16.9. The van der Waals surface area contributed by atoms with E-state index in [1.165, 1.54) is 0 Å². The SMILES string of the molecule is C[C@@H](CO)Nc1cc(-c2ccc(Cl)cc2)nc(-c2cccnc2)n1. The Balaban J connectivity index is 2.07. The Morgan fingerprint density at radius 2 is 1.92 bits per heavy atom. The van der Waals surface area contributed by atoms with Crippen LogP contribution in [0.2, 0.25) is 5.02 Å². The molecule has 0 amide bonds. The highest BCUT2D eigenvalue weighted by Crippen LogP contribution is 2.25. The second-order valence-corrected chi connectivity index (χ2v) is 5.88. The van der Waals surface area contributed by atoms with Gasteiger partial charge >= 0.3 is 0 Å². The molecule has 1 aromatic carbocycles. The summed E-state index contributed by atoms with van der Waals surface area (Å²) in [5, 5.41) is 13.1. The fourth-order valence-electron chi connectivity index (χ4n) is 2.21. The number of hydrogen-bond acceptors (Lipinski definition) is 5. The van der Waals surface area contributed by atoms with E-state index in [0.29, 0.717) is 16.7 Å². The van der Waals surface area contributed by atoms with Crippen LogP contribution in [0.3, 0.4) is 0 Å². The number of nitrogens with one attached hydrogen (secondary N) is 1. The summed E-state index contributed by atoms with van der Waals surface area (Å²) >= 11 is 5.96. The van der Waals surface area contributed by atoms with Gasteiger partial charge in [0.2, 0.25) is 0 Å². The highest BCUT2D eigenvalue weighted by Gasteiger charge is 2.10. The fraction of sp³-hybridized carbons (Fsp3) is 0.167. The average molecular weight is 341 g/mol. The van der Waals surface area contributed by atoms with Crippen LogP contribution in [-0.4, -0.2) is 32.7 Å². The van der Waals surface area contributed by atoms with Crippen molar-refractivity contribution in [3.05, 3.63) is 59.9 Å². The molecule has 0 saturated heterocycles. The molecular formula is C18H17ClN4O. The zero-order valence-electron chi connectivity index (χ0n) is 13.1. The molecule has 2 aromatic heterocycles. The molecule has 122 valence electrons. The monoisotopic (exact) mass is 340 g/mol. The lowest BCUT2D eigenvalue weighted by atomic mass is 10.1. The third kappa shape index (κ3) is 3.88. The van der Waals surface area contributed by atoms with E-state index in [2.05, 4.69) is 20.3 Å². The van der Waals surface area contributed by atoms with Crippen molar-refractivity contribution in [3.63, 3.8) is 0 Å². The number of anilines is 1. The van der Waals surface area contributed by atoms with E-state index in [9.17, 15) is 5.11 Å². The number of nitrogens with zero attached hydrogens (tertiary/aromatic N) is 3. The van der Waals surface area contributed by atoms with E-state index in [1.54, 1.807) is 12.4 Å². The molecule has 0 bridgehead atoms. The van der Waals surface area contributed by atoms with Crippen LogP contribution >= 0.6 is 11.6 Å². The number of halogens is 1. The minimum atomic E-state index is -0.111. The van der Waals surface area contributed by atoms with Gasteiger partial charge in [-0.2, -0.15) is 0 Å². The molecule has 0 aliphatic carbocycles. The first-order valence-electron chi connectivity index (χ1n) is 7.58. The minimum absolute atomic E-state index is 0.0164. The topological polar surface area (TPSA) is 70.9 Å². The first kappa shape index (κ1) is 16.4. The summed E-state index contributed by atoms with van der Waals surface area (Å²) in [5.74, 6) is 1.22. The molecule has 0 fully saturated rings. The highest BCUT2D eigenvalue weighted by atomic mass is 35.5. The molecule has 1 atom stereocenters. The van der Waals surface area contributed by atoms with E-state index >= 15 is 0 Å². The third-order valence-electron chi connectivity index (χ3n) is 3.45. The average Bonchev–Trinajstić information content (AvgIpc) is 2.62. The molecule has 3 aromatic rings. The molecule has 3 rings (SSSR count). The van der Waals surface area contributed by atoms with Crippen molar-refractivity contribution in [1.29, 1.82) is 0 Å². The maximum Gasteiger partial charge on any atom is 0.163 e. The van der Waals surface area contributed by atoms with Crippen LogP contribution in [0.4, 0.5) is 5.82 Å². The Hall–Kier alpha value is -2.50. The summed E-state index contributed by atoms with van der Waals surface area (Å²) in [7, 11) is 0. The van der Waals surface area contributed by atoms with Crippen LogP contribution in [0.15, 0.2) is 54.9 Å². The predicted octanol–water partition coefficient (Wildman–Crippen LogP) is 3.65. The molecule has 5 nitrogen and oxygen atoms in total. The van der Waals surface area contributed by atoms with E-state index in [0.717, 1.165) is 16.8 Å². The normalized spacial score (nSPS) is 12.0. The number of benzene rings is 1. The van der Waals surface area contributed by atoms with Crippen molar-refractivity contribution in [3.8, 4) is 22.6 Å². The van der Waals surface area contributed by atoms with Gasteiger partial charge in [0.05, 0.1) is 12.3 Å². The first-order valence-corrected chi connectivity index (χ1v) is 7.96. The van der Waals surface area contributed by atoms with Crippen molar-refractivity contribution in [2.45, 2.75) is 13.0 Å². The number of aliphatic hydroxyl groups excluding tert-OH is 1. The summed E-state index contributed by atoms with van der Waals surface area (Å²) in [4.78, 5) is 13.3. The van der Waals surface area contributed by atoms with Gasteiger partial charge in [0.1, 0.15) is 5.82 Å². The van der Waals surface area contributed by atoms with Gasteiger partial charge in [-0.1, -0.05) is 23.7 Å². The molecule has 0 aliphatic rings. The molecule has 24 heavy (non-hydrogen) atoms. The molecule has 6 heteroatoms. The van der Waals surface area contributed by atoms with E-state index in [-0.39, 0.29) is 12.6 Å². The summed E-state index contributed by atoms with van der Waals surface area (Å²) in [5.41, 5.74) is 2.54. The second kappa shape index (κ2) is 7.38. The standard InChI is InChI=1S/C18H17ClN4O/c1-12(11-24)21-17-9-16(13-4-6-15(19)7-5-13)22-18(23-17)14-3-2-8-20-10-14/h2-10,12,24H,11H2,1H3,(H,21,22,23)/t12-/m0/s1. The van der Waals surface area contributed by atoms with Crippen molar-refractivity contribution in [2.75, 3.05) is 11.9 Å². The molecule has 0 spiro atoms. The van der Waals surface area contributed by atoms with Gasteiger partial charge in [0.15, 0.2) is 5.82 Å². The van der Waals surface area contributed by atoms with Crippen LogP contribution in [0, 0.1) is 0 Å². The van der Waals surface area contributed by atoms with Crippen LogP contribution in [0.5, 0.6) is 0 Å². The lowest BCUT2D eigenvalue weighted by Gasteiger charge is -2.14. The Labute approximate surface area is 145 Å². The van der Waals surface area contributed by atoms with Gasteiger partial charge < -0.3 is 10.4 Å². The second-order valence-electron chi connectivity index (χ2n) is 5.44. The Kier molecular flexibility index (Phi) is 5.03. The quantitative estimate of drug-likeness (QED) is 0.741. The number of hydrogen-bond donors (Lipinski definition) is 2. The van der Waals surface area contributed by atoms with Gasteiger partial charge in [0, 0.05) is 40.7 Å². The van der Waals surface area contributed by atoms with Crippen molar-refractivity contribution in [1.82, 2.24) is 15.0 Å². The van der Waals surface area contributed by atoms with Crippen LogP contribution in [0.1, 0.15) is 6.92 Å². The minimum Gasteiger partial charge on any atom is -0.394 e. The fourth-order valence-corrected chi connectivity index (χ4v) is 2.34. The molecular weight excluding hydrogens is 324 g/mol. The van der Waals surface area contributed by atoms with Gasteiger partial charge in [-0.15, -0.1) is 0 Å². The molecule has 0 unspecified atom stereocenters. The maximum atomic E-state index is 9.27. The van der Waals surface area contributed by atoms with E-state index in [4.69, 9.17) is 11.6 Å².